The van der Waals surface area contributed by atoms with E-state index in [1.807, 2.05) is 18.7 Å². The molecular weight excluding hydrogens is 301 g/mol. The summed E-state index contributed by atoms with van der Waals surface area (Å²) < 4.78 is 38.5. The van der Waals surface area contributed by atoms with Crippen LogP contribution in [0.5, 0.6) is 0 Å². The Morgan fingerprint density at radius 2 is 2.00 bits per heavy atom. The van der Waals surface area contributed by atoms with Crippen LogP contribution < -0.4 is 10.6 Å². The first kappa shape index (κ1) is 16.2. The number of anilines is 2. The molecule has 1 aromatic rings. The molecule has 0 saturated carbocycles. The maximum absolute atomic E-state index is 12.8. The van der Waals surface area contributed by atoms with Gasteiger partial charge in [0.1, 0.15) is 11.6 Å². The van der Waals surface area contributed by atoms with Crippen molar-refractivity contribution in [1.82, 2.24) is 9.97 Å². The van der Waals surface area contributed by atoms with Crippen LogP contribution in [0.25, 0.3) is 0 Å². The van der Waals surface area contributed by atoms with E-state index in [9.17, 15) is 13.2 Å². The van der Waals surface area contributed by atoms with Crippen LogP contribution in [0.2, 0.25) is 0 Å². The van der Waals surface area contributed by atoms with Gasteiger partial charge in [-0.1, -0.05) is 6.92 Å². The van der Waals surface area contributed by atoms with Crippen LogP contribution >= 0.6 is 11.8 Å². The molecular formula is C13H19F3N4S. The van der Waals surface area contributed by atoms with Crippen molar-refractivity contribution in [1.29, 1.82) is 0 Å². The highest BCUT2D eigenvalue weighted by Gasteiger charge is 2.35. The summed E-state index contributed by atoms with van der Waals surface area (Å²) in [7, 11) is 0. The van der Waals surface area contributed by atoms with Gasteiger partial charge in [-0.2, -0.15) is 24.9 Å². The summed E-state index contributed by atoms with van der Waals surface area (Å²) in [5.41, 5.74) is 0. The van der Waals surface area contributed by atoms with Crippen molar-refractivity contribution in [3.05, 3.63) is 11.9 Å². The quantitative estimate of drug-likeness (QED) is 0.840. The van der Waals surface area contributed by atoms with Crippen LogP contribution in [0.3, 0.4) is 0 Å². The summed E-state index contributed by atoms with van der Waals surface area (Å²) in [5, 5.41) is 5.89. The van der Waals surface area contributed by atoms with E-state index < -0.39 is 12.0 Å². The van der Waals surface area contributed by atoms with Crippen molar-refractivity contribution in [2.75, 3.05) is 35.2 Å². The Bertz CT molecular complexity index is 461. The molecule has 4 nitrogen and oxygen atoms in total. The third kappa shape index (κ3) is 4.94. The van der Waals surface area contributed by atoms with Gasteiger partial charge >= 0.3 is 6.18 Å². The number of halogens is 3. The SMILES string of the molecule is CCCNc1cc(NCC2CCSC2)nc(C(F)(F)F)n1. The second-order valence-electron chi connectivity index (χ2n) is 5.00. The molecule has 8 heteroatoms. The van der Waals surface area contributed by atoms with Crippen molar-refractivity contribution in [2.24, 2.45) is 5.92 Å². The Morgan fingerprint density at radius 3 is 2.57 bits per heavy atom. The van der Waals surface area contributed by atoms with Gasteiger partial charge in [0.2, 0.25) is 5.82 Å². The number of hydrogen-bond acceptors (Lipinski definition) is 5. The lowest BCUT2D eigenvalue weighted by atomic mass is 10.1. The molecule has 0 aromatic carbocycles. The smallest absolute Gasteiger partial charge is 0.370 e. The van der Waals surface area contributed by atoms with Crippen LogP contribution in [-0.2, 0) is 6.18 Å². The largest absolute Gasteiger partial charge is 0.451 e. The normalized spacial score (nSPS) is 18.8. The molecule has 0 radical (unpaired) electrons. The van der Waals surface area contributed by atoms with Gasteiger partial charge in [-0.25, -0.2) is 9.97 Å². The van der Waals surface area contributed by atoms with E-state index in [-0.39, 0.29) is 11.6 Å². The van der Waals surface area contributed by atoms with E-state index in [4.69, 9.17) is 0 Å². The van der Waals surface area contributed by atoms with E-state index >= 15 is 0 Å². The number of hydrogen-bond donors (Lipinski definition) is 2. The molecule has 0 bridgehead atoms. The van der Waals surface area contributed by atoms with Crippen LogP contribution in [-0.4, -0.2) is 34.6 Å². The van der Waals surface area contributed by atoms with Gasteiger partial charge < -0.3 is 10.6 Å². The lowest BCUT2D eigenvalue weighted by molar-refractivity contribution is -0.144. The first-order chi connectivity index (χ1) is 9.99. The maximum atomic E-state index is 12.8. The second kappa shape index (κ2) is 7.20. The van der Waals surface area contributed by atoms with Gasteiger partial charge in [0.05, 0.1) is 0 Å². The Hall–Kier alpha value is -1.18. The third-order valence-corrected chi connectivity index (χ3v) is 4.36. The number of rotatable bonds is 6. The molecule has 118 valence electrons. The first-order valence-electron chi connectivity index (χ1n) is 7.01. The molecule has 0 aliphatic carbocycles. The summed E-state index contributed by atoms with van der Waals surface area (Å²) in [6.45, 7) is 3.16. The van der Waals surface area contributed by atoms with Crippen LogP contribution in [0.15, 0.2) is 6.07 Å². The van der Waals surface area contributed by atoms with Crippen molar-refractivity contribution in [3.8, 4) is 0 Å². The molecule has 2 heterocycles. The number of aromatic nitrogens is 2. The predicted molar refractivity (Wildman–Crippen MR) is 79.7 cm³/mol. The van der Waals surface area contributed by atoms with E-state index in [2.05, 4.69) is 20.6 Å². The highest BCUT2D eigenvalue weighted by molar-refractivity contribution is 7.99. The average molecular weight is 320 g/mol. The summed E-state index contributed by atoms with van der Waals surface area (Å²) in [6.07, 6.45) is -2.63. The zero-order valence-corrected chi connectivity index (χ0v) is 12.7. The zero-order valence-electron chi connectivity index (χ0n) is 11.8. The van der Waals surface area contributed by atoms with Crippen molar-refractivity contribution >= 4 is 23.4 Å². The Kier molecular flexibility index (Phi) is 5.55. The van der Waals surface area contributed by atoms with Crippen LogP contribution in [0.4, 0.5) is 24.8 Å². The molecule has 1 atom stereocenters. The summed E-state index contributed by atoms with van der Waals surface area (Å²) in [4.78, 5) is 7.11. The summed E-state index contributed by atoms with van der Waals surface area (Å²) >= 11 is 1.87. The fraction of sp³-hybridized carbons (Fsp3) is 0.692. The first-order valence-corrected chi connectivity index (χ1v) is 8.16. The highest BCUT2D eigenvalue weighted by Crippen LogP contribution is 2.29. The molecule has 1 fully saturated rings. The predicted octanol–water partition coefficient (Wildman–Crippen LogP) is 3.48. The fourth-order valence-electron chi connectivity index (χ4n) is 2.00. The Labute approximate surface area is 126 Å². The Morgan fingerprint density at radius 1 is 1.29 bits per heavy atom. The number of nitrogens with one attached hydrogen (secondary N) is 2. The monoisotopic (exact) mass is 320 g/mol. The van der Waals surface area contributed by atoms with Gasteiger partial charge in [-0.15, -0.1) is 0 Å². The summed E-state index contributed by atoms with van der Waals surface area (Å²) in [5.74, 6) is 1.99. The Balaban J connectivity index is 2.09. The van der Waals surface area contributed by atoms with Gasteiger partial charge in [0.15, 0.2) is 0 Å². The fourth-order valence-corrected chi connectivity index (χ4v) is 3.29. The maximum Gasteiger partial charge on any atom is 0.451 e. The van der Waals surface area contributed by atoms with Crippen LogP contribution in [0.1, 0.15) is 25.6 Å². The third-order valence-electron chi connectivity index (χ3n) is 3.13. The zero-order chi connectivity index (χ0) is 15.3. The number of thioether (sulfide) groups is 1. The van der Waals surface area contributed by atoms with Gasteiger partial charge in [-0.3, -0.25) is 0 Å². The van der Waals surface area contributed by atoms with Crippen molar-refractivity contribution in [3.63, 3.8) is 0 Å². The molecule has 21 heavy (non-hydrogen) atoms. The minimum atomic E-state index is -4.54. The average Bonchev–Trinajstić information content (AvgIpc) is 2.95. The molecule has 0 spiro atoms. The second-order valence-corrected chi connectivity index (χ2v) is 6.15. The van der Waals surface area contributed by atoms with E-state index in [1.54, 1.807) is 0 Å². The molecule has 2 rings (SSSR count). The lowest BCUT2D eigenvalue weighted by Gasteiger charge is -2.14. The minimum absolute atomic E-state index is 0.211. The van der Waals surface area contributed by atoms with Gasteiger partial charge in [0.25, 0.3) is 0 Å². The highest BCUT2D eigenvalue weighted by atomic mass is 32.2. The molecule has 1 aliphatic rings. The van der Waals surface area contributed by atoms with E-state index in [0.717, 1.165) is 24.3 Å². The minimum Gasteiger partial charge on any atom is -0.370 e. The molecule has 1 saturated heterocycles. The molecule has 1 unspecified atom stereocenters. The lowest BCUT2D eigenvalue weighted by Crippen LogP contribution is -2.18. The standard InChI is InChI=1S/C13H19F3N4S/c1-2-4-17-10-6-11(18-7-9-3-5-21-8-9)20-12(19-10)13(14,15)16/h6,9H,2-5,7-8H2,1H3,(H2,17,18,19,20). The topological polar surface area (TPSA) is 49.8 Å². The van der Waals surface area contributed by atoms with Crippen molar-refractivity contribution < 1.29 is 13.2 Å². The van der Waals surface area contributed by atoms with Gasteiger partial charge in [0, 0.05) is 19.2 Å². The number of alkyl halides is 3. The number of nitrogens with zero attached hydrogens (tertiary/aromatic N) is 2. The summed E-state index contributed by atoms with van der Waals surface area (Å²) in [6, 6.07) is 1.53. The molecule has 2 N–H and O–H groups in total. The van der Waals surface area contributed by atoms with Crippen molar-refractivity contribution in [2.45, 2.75) is 25.9 Å². The molecule has 1 aliphatic heterocycles. The van der Waals surface area contributed by atoms with E-state index in [1.165, 1.54) is 6.07 Å². The van der Waals surface area contributed by atoms with E-state index in [0.29, 0.717) is 19.0 Å². The van der Waals surface area contributed by atoms with Gasteiger partial charge in [-0.05, 0) is 30.3 Å². The molecule has 0 amide bonds. The van der Waals surface area contributed by atoms with Crippen LogP contribution in [0, 0.1) is 5.92 Å². The molecule has 1 aromatic heterocycles.